The molecule has 5 heteroatoms. The zero-order chi connectivity index (χ0) is 7.61. The van der Waals surface area contributed by atoms with Crippen LogP contribution in [0.5, 0.6) is 0 Å². The second-order valence-electron chi connectivity index (χ2n) is 1.63. The lowest BCUT2D eigenvalue weighted by molar-refractivity contribution is 0.594. The summed E-state index contributed by atoms with van der Waals surface area (Å²) in [5.74, 6) is 0. The van der Waals surface area contributed by atoms with Crippen molar-refractivity contribution in [2.45, 2.75) is 5.03 Å². The Hall–Kier alpha value is -0.940. The summed E-state index contributed by atoms with van der Waals surface area (Å²) in [5.41, 5.74) is 0. The molecule has 10 heavy (non-hydrogen) atoms. The topological polar surface area (TPSA) is 73.1 Å². The molecule has 1 rings (SSSR count). The Morgan fingerprint density at radius 3 is 2.60 bits per heavy atom. The number of hydrogen-bond acceptors (Lipinski definition) is 3. The first kappa shape index (κ1) is 7.17. The lowest BCUT2D eigenvalue weighted by Crippen LogP contribution is -2.13. The molecule has 0 spiro atoms. The van der Waals surface area contributed by atoms with Crippen LogP contribution in [0.1, 0.15) is 0 Å². The fourth-order valence-corrected chi connectivity index (χ4v) is 0.906. The van der Waals surface area contributed by atoms with Gasteiger partial charge in [0, 0.05) is 12.3 Å². The summed E-state index contributed by atoms with van der Waals surface area (Å²) in [6, 6.07) is 5.39. The van der Waals surface area contributed by atoms with Gasteiger partial charge in [0.1, 0.15) is 0 Å². The lowest BCUT2D eigenvalue weighted by Gasteiger charge is -1.91. The summed E-state index contributed by atoms with van der Waals surface area (Å²) < 4.78 is 21.0. The summed E-state index contributed by atoms with van der Waals surface area (Å²) in [7, 11) is -3.67. The molecule has 2 N–H and O–H groups in total. The maximum Gasteiger partial charge on any atom is 0.256 e. The van der Waals surface area contributed by atoms with Crippen LogP contribution < -0.4 is 5.14 Å². The second kappa shape index (κ2) is 2.36. The van der Waals surface area contributed by atoms with E-state index in [2.05, 4.69) is 11.1 Å². The van der Waals surface area contributed by atoms with Crippen molar-refractivity contribution in [1.82, 2.24) is 4.98 Å². The number of aromatic nitrogens is 1. The molecule has 0 fully saturated rings. The van der Waals surface area contributed by atoms with Crippen LogP contribution in [0, 0.1) is 6.07 Å². The van der Waals surface area contributed by atoms with E-state index in [9.17, 15) is 8.42 Å². The van der Waals surface area contributed by atoms with Gasteiger partial charge in [-0.1, -0.05) is 0 Å². The normalized spacial score (nSPS) is 11.3. The Bertz CT molecular complexity index is 306. The van der Waals surface area contributed by atoms with Crippen LogP contribution in [-0.2, 0) is 10.0 Å². The molecule has 4 nitrogen and oxygen atoms in total. The minimum Gasteiger partial charge on any atom is -0.243 e. The molecule has 0 aliphatic rings. The van der Waals surface area contributed by atoms with E-state index in [0.29, 0.717) is 0 Å². The summed E-state index contributed by atoms with van der Waals surface area (Å²) >= 11 is 0. The van der Waals surface area contributed by atoms with Crippen molar-refractivity contribution in [3.05, 3.63) is 24.4 Å². The molecular weight excluding hydrogens is 152 g/mol. The number of pyridine rings is 1. The monoisotopic (exact) mass is 157 g/mol. The molecule has 0 amide bonds. The standard InChI is InChI=1S/C5H5N2O2S/c6-10(8,9)5-3-1-2-4-7-5/h1-2,4H,(H2,6,8,9). The van der Waals surface area contributed by atoms with Gasteiger partial charge >= 0.3 is 0 Å². The van der Waals surface area contributed by atoms with Gasteiger partial charge in [-0.05, 0) is 12.1 Å². The van der Waals surface area contributed by atoms with Crippen molar-refractivity contribution in [2.75, 3.05) is 0 Å². The zero-order valence-electron chi connectivity index (χ0n) is 4.98. The van der Waals surface area contributed by atoms with Crippen LogP contribution in [0.15, 0.2) is 23.4 Å². The van der Waals surface area contributed by atoms with E-state index in [1.807, 2.05) is 0 Å². The van der Waals surface area contributed by atoms with Gasteiger partial charge in [-0.25, -0.2) is 18.5 Å². The molecular formula is C5H5N2O2S. The van der Waals surface area contributed by atoms with Crippen molar-refractivity contribution in [1.29, 1.82) is 0 Å². The van der Waals surface area contributed by atoms with Crippen LogP contribution in [0.4, 0.5) is 0 Å². The first-order chi connectivity index (χ1) is 4.61. The lowest BCUT2D eigenvalue weighted by atomic mass is 10.5. The molecule has 1 aromatic rings. The Morgan fingerprint density at radius 2 is 2.30 bits per heavy atom. The van der Waals surface area contributed by atoms with Crippen molar-refractivity contribution >= 4 is 10.0 Å². The van der Waals surface area contributed by atoms with Gasteiger partial charge < -0.3 is 0 Å². The largest absolute Gasteiger partial charge is 0.256 e. The number of nitrogens with two attached hydrogens (primary N) is 1. The van der Waals surface area contributed by atoms with Crippen molar-refractivity contribution in [3.8, 4) is 0 Å². The average Bonchev–Trinajstić information content (AvgIpc) is 1.88. The molecule has 0 aliphatic carbocycles. The van der Waals surface area contributed by atoms with Crippen LogP contribution in [0.25, 0.3) is 0 Å². The highest BCUT2D eigenvalue weighted by atomic mass is 32.2. The highest BCUT2D eigenvalue weighted by Gasteiger charge is 2.06. The van der Waals surface area contributed by atoms with Gasteiger partial charge in [0.15, 0.2) is 5.03 Å². The summed E-state index contributed by atoms with van der Waals surface area (Å²) in [4.78, 5) is 3.48. The fraction of sp³-hybridized carbons (Fsp3) is 0. The first-order valence-electron chi connectivity index (χ1n) is 2.46. The van der Waals surface area contributed by atoms with E-state index in [4.69, 9.17) is 5.14 Å². The van der Waals surface area contributed by atoms with Gasteiger partial charge in [-0.15, -0.1) is 0 Å². The predicted molar refractivity (Wildman–Crippen MR) is 34.4 cm³/mol. The molecule has 0 saturated carbocycles. The molecule has 53 valence electrons. The van der Waals surface area contributed by atoms with Crippen LogP contribution >= 0.6 is 0 Å². The number of sulfonamides is 1. The Morgan fingerprint density at radius 1 is 1.60 bits per heavy atom. The van der Waals surface area contributed by atoms with Crippen molar-refractivity contribution in [2.24, 2.45) is 5.14 Å². The highest BCUT2D eigenvalue weighted by Crippen LogP contribution is 1.97. The molecule has 0 unspecified atom stereocenters. The molecule has 0 aromatic carbocycles. The van der Waals surface area contributed by atoms with Crippen LogP contribution in [0.3, 0.4) is 0 Å². The Balaban J connectivity index is 3.22. The maximum absolute atomic E-state index is 10.5. The van der Waals surface area contributed by atoms with E-state index in [0.717, 1.165) is 0 Å². The summed E-state index contributed by atoms with van der Waals surface area (Å²) in [6.45, 7) is 0. The Labute approximate surface area is 58.8 Å². The third-order valence-electron chi connectivity index (χ3n) is 0.850. The SMILES string of the molecule is NS(=O)(=O)c1[c]cccn1. The van der Waals surface area contributed by atoms with Crippen LogP contribution in [-0.4, -0.2) is 13.4 Å². The molecule has 1 radical (unpaired) electrons. The maximum atomic E-state index is 10.5. The zero-order valence-corrected chi connectivity index (χ0v) is 5.80. The van der Waals surface area contributed by atoms with Gasteiger partial charge in [0.25, 0.3) is 10.0 Å². The smallest absolute Gasteiger partial charge is 0.243 e. The van der Waals surface area contributed by atoms with Gasteiger partial charge in [-0.2, -0.15) is 0 Å². The number of rotatable bonds is 1. The Kier molecular flexibility index (Phi) is 1.69. The quantitative estimate of drug-likeness (QED) is 0.598. The van der Waals surface area contributed by atoms with E-state index in [1.165, 1.54) is 12.3 Å². The first-order valence-corrected chi connectivity index (χ1v) is 4.01. The third-order valence-corrected chi connectivity index (χ3v) is 1.61. The molecule has 1 aromatic heterocycles. The van der Waals surface area contributed by atoms with E-state index < -0.39 is 10.0 Å². The fourth-order valence-electron chi connectivity index (χ4n) is 0.466. The number of hydrogen-bond donors (Lipinski definition) is 1. The van der Waals surface area contributed by atoms with Gasteiger partial charge in [-0.3, -0.25) is 0 Å². The predicted octanol–water partition coefficient (Wildman–Crippen LogP) is -0.471. The highest BCUT2D eigenvalue weighted by molar-refractivity contribution is 7.89. The molecule has 0 aliphatic heterocycles. The van der Waals surface area contributed by atoms with Gasteiger partial charge in [0.05, 0.1) is 0 Å². The number of nitrogens with zero attached hydrogens (tertiary/aromatic N) is 1. The third kappa shape index (κ3) is 1.52. The minimum absolute atomic E-state index is 0.227. The van der Waals surface area contributed by atoms with Crippen molar-refractivity contribution in [3.63, 3.8) is 0 Å². The molecule has 0 atom stereocenters. The molecule has 1 heterocycles. The summed E-state index contributed by atoms with van der Waals surface area (Å²) in [6.07, 6.45) is 1.34. The van der Waals surface area contributed by atoms with E-state index >= 15 is 0 Å². The number of primary sulfonamides is 1. The molecule has 0 saturated heterocycles. The van der Waals surface area contributed by atoms with Gasteiger partial charge in [0.2, 0.25) is 0 Å². The molecule has 0 bridgehead atoms. The minimum atomic E-state index is -3.67. The second-order valence-corrected chi connectivity index (χ2v) is 3.11. The van der Waals surface area contributed by atoms with Crippen LogP contribution in [0.2, 0.25) is 0 Å². The van der Waals surface area contributed by atoms with E-state index in [1.54, 1.807) is 6.07 Å². The van der Waals surface area contributed by atoms with Crippen molar-refractivity contribution < 1.29 is 8.42 Å². The van der Waals surface area contributed by atoms with E-state index in [-0.39, 0.29) is 5.03 Å². The summed E-state index contributed by atoms with van der Waals surface area (Å²) in [5, 5.41) is 4.51. The average molecular weight is 157 g/mol.